The second-order valence-corrected chi connectivity index (χ2v) is 7.61. The maximum absolute atomic E-state index is 12.8. The second-order valence-electron chi connectivity index (χ2n) is 7.61. The topological polar surface area (TPSA) is 52.7 Å². The summed E-state index contributed by atoms with van der Waals surface area (Å²) in [5, 5.41) is 3.14. The highest BCUT2D eigenvalue weighted by Crippen LogP contribution is 2.37. The molecule has 0 saturated carbocycles. The van der Waals surface area contributed by atoms with Crippen molar-refractivity contribution in [3.05, 3.63) is 65.2 Å². The molecule has 1 fully saturated rings. The van der Waals surface area contributed by atoms with Gasteiger partial charge in [-0.3, -0.25) is 9.59 Å². The number of hydrogen-bond donors (Lipinski definition) is 1. The molecular formula is C22H22F3N3O2. The molecule has 1 saturated heterocycles. The fourth-order valence-electron chi connectivity index (χ4n) is 4.41. The Kier molecular flexibility index (Phi) is 4.95. The van der Waals surface area contributed by atoms with E-state index in [0.717, 1.165) is 17.8 Å². The zero-order chi connectivity index (χ0) is 21.5. The van der Waals surface area contributed by atoms with Gasteiger partial charge in [-0.1, -0.05) is 12.1 Å². The third-order valence-electron chi connectivity index (χ3n) is 5.96. The van der Waals surface area contributed by atoms with E-state index in [9.17, 15) is 22.8 Å². The predicted molar refractivity (Wildman–Crippen MR) is 106 cm³/mol. The van der Waals surface area contributed by atoms with Crippen LogP contribution in [0.4, 0.5) is 18.9 Å². The van der Waals surface area contributed by atoms with Gasteiger partial charge >= 0.3 is 6.18 Å². The highest BCUT2D eigenvalue weighted by Gasteiger charge is 2.45. The predicted octanol–water partition coefficient (Wildman–Crippen LogP) is 3.91. The summed E-state index contributed by atoms with van der Waals surface area (Å²) in [4.78, 5) is 29.3. The lowest BCUT2D eigenvalue weighted by atomic mass is 9.89. The summed E-state index contributed by atoms with van der Waals surface area (Å²) in [5.74, 6) is -0.429. The number of likely N-dealkylation sites (tertiary alicyclic amines) is 1. The van der Waals surface area contributed by atoms with Gasteiger partial charge in [-0.25, -0.2) is 0 Å². The van der Waals surface area contributed by atoms with Crippen LogP contribution in [-0.2, 0) is 6.18 Å². The monoisotopic (exact) mass is 417 g/mol. The molecule has 5 nitrogen and oxygen atoms in total. The number of nitrogens with one attached hydrogen (secondary N) is 1. The molecule has 2 aromatic rings. The lowest BCUT2D eigenvalue weighted by Gasteiger charge is -2.52. The first-order valence-corrected chi connectivity index (χ1v) is 9.91. The third kappa shape index (κ3) is 3.40. The number of benzene rings is 2. The van der Waals surface area contributed by atoms with Gasteiger partial charge in [0.1, 0.15) is 5.66 Å². The molecule has 8 heteroatoms. The average molecular weight is 417 g/mol. The maximum atomic E-state index is 12.8. The first-order chi connectivity index (χ1) is 14.2. The van der Waals surface area contributed by atoms with Gasteiger partial charge in [0.15, 0.2) is 0 Å². The van der Waals surface area contributed by atoms with E-state index in [2.05, 4.69) is 10.2 Å². The molecule has 30 heavy (non-hydrogen) atoms. The van der Waals surface area contributed by atoms with Crippen LogP contribution in [0, 0.1) is 0 Å². The maximum Gasteiger partial charge on any atom is 0.416 e. The molecule has 158 valence electrons. The minimum absolute atomic E-state index is 0.127. The van der Waals surface area contributed by atoms with E-state index in [4.69, 9.17) is 0 Å². The third-order valence-corrected chi connectivity index (χ3v) is 5.96. The Balaban J connectivity index is 1.51. The van der Waals surface area contributed by atoms with Crippen LogP contribution in [0.2, 0.25) is 0 Å². The van der Waals surface area contributed by atoms with Crippen molar-refractivity contribution in [2.75, 3.05) is 24.5 Å². The summed E-state index contributed by atoms with van der Waals surface area (Å²) in [5.41, 5.74) is 0.388. The fourth-order valence-corrected chi connectivity index (χ4v) is 4.41. The number of para-hydroxylation sites is 1. The lowest BCUT2D eigenvalue weighted by molar-refractivity contribution is -0.137. The Labute approximate surface area is 172 Å². The second kappa shape index (κ2) is 7.34. The van der Waals surface area contributed by atoms with Crippen molar-refractivity contribution in [3.8, 4) is 0 Å². The standard InChI is InChI=1S/C22H22F3N3O2/c1-2-28-18-6-4-3-5-17(18)19(29)26-21(28)11-13-27(14-12-21)20(30)15-7-9-16(10-8-15)22(23,24)25/h3-10H,2,11-14H2,1H3,(H,26,29). The Morgan fingerprint density at radius 1 is 1.07 bits per heavy atom. The summed E-state index contributed by atoms with van der Waals surface area (Å²) in [6.45, 7) is 3.53. The Morgan fingerprint density at radius 2 is 1.70 bits per heavy atom. The van der Waals surface area contributed by atoms with Crippen molar-refractivity contribution in [3.63, 3.8) is 0 Å². The fraction of sp³-hybridized carbons (Fsp3) is 0.364. The van der Waals surface area contributed by atoms with Gasteiger partial charge in [0, 0.05) is 38.0 Å². The van der Waals surface area contributed by atoms with E-state index in [0.29, 0.717) is 38.0 Å². The normalized spacial score (nSPS) is 18.2. The molecule has 0 bridgehead atoms. The highest BCUT2D eigenvalue weighted by molar-refractivity contribution is 6.02. The minimum Gasteiger partial charge on any atom is -0.348 e. The molecule has 0 aliphatic carbocycles. The molecule has 2 aliphatic heterocycles. The number of carbonyl (C=O) groups is 2. The van der Waals surface area contributed by atoms with Gasteiger partial charge < -0.3 is 15.1 Å². The van der Waals surface area contributed by atoms with Crippen LogP contribution in [0.15, 0.2) is 48.5 Å². The molecule has 2 aliphatic rings. The van der Waals surface area contributed by atoms with Crippen molar-refractivity contribution in [1.82, 2.24) is 10.2 Å². The molecule has 1 N–H and O–H groups in total. The summed E-state index contributed by atoms with van der Waals surface area (Å²) < 4.78 is 38.3. The van der Waals surface area contributed by atoms with Gasteiger partial charge in [0.25, 0.3) is 11.8 Å². The SMILES string of the molecule is CCN1c2ccccc2C(=O)NC12CCN(C(=O)c1ccc(C(F)(F)F)cc1)CC2. The summed E-state index contributed by atoms with van der Waals surface area (Å²) >= 11 is 0. The number of anilines is 1. The van der Waals surface area contributed by atoms with Crippen molar-refractivity contribution < 1.29 is 22.8 Å². The van der Waals surface area contributed by atoms with E-state index in [1.807, 2.05) is 25.1 Å². The van der Waals surface area contributed by atoms with E-state index >= 15 is 0 Å². The van der Waals surface area contributed by atoms with Gasteiger partial charge in [-0.15, -0.1) is 0 Å². The number of piperidine rings is 1. The van der Waals surface area contributed by atoms with Crippen LogP contribution in [0.1, 0.15) is 46.0 Å². The zero-order valence-corrected chi connectivity index (χ0v) is 16.5. The number of amides is 2. The summed E-state index contributed by atoms with van der Waals surface area (Å²) in [6.07, 6.45) is -3.36. The molecule has 2 amide bonds. The van der Waals surface area contributed by atoms with Crippen molar-refractivity contribution in [2.24, 2.45) is 0 Å². The zero-order valence-electron chi connectivity index (χ0n) is 16.5. The van der Waals surface area contributed by atoms with Crippen molar-refractivity contribution in [2.45, 2.75) is 31.6 Å². The van der Waals surface area contributed by atoms with Crippen LogP contribution in [0.5, 0.6) is 0 Å². The number of rotatable bonds is 2. The lowest BCUT2D eigenvalue weighted by Crippen LogP contribution is -2.68. The number of halogens is 3. The average Bonchev–Trinajstić information content (AvgIpc) is 2.74. The van der Waals surface area contributed by atoms with Crippen LogP contribution < -0.4 is 10.2 Å². The van der Waals surface area contributed by atoms with Crippen LogP contribution >= 0.6 is 0 Å². The van der Waals surface area contributed by atoms with Gasteiger partial charge in [0.2, 0.25) is 0 Å². The molecule has 1 spiro atoms. The van der Waals surface area contributed by atoms with Crippen molar-refractivity contribution in [1.29, 1.82) is 0 Å². The van der Waals surface area contributed by atoms with E-state index in [1.165, 1.54) is 12.1 Å². The summed E-state index contributed by atoms with van der Waals surface area (Å²) in [7, 11) is 0. The molecular weight excluding hydrogens is 395 g/mol. The van der Waals surface area contributed by atoms with E-state index in [1.54, 1.807) is 11.0 Å². The smallest absolute Gasteiger partial charge is 0.348 e. The molecule has 0 radical (unpaired) electrons. The van der Waals surface area contributed by atoms with Crippen molar-refractivity contribution >= 4 is 17.5 Å². The van der Waals surface area contributed by atoms with Gasteiger partial charge in [0.05, 0.1) is 16.8 Å². The Morgan fingerprint density at radius 3 is 2.30 bits per heavy atom. The Bertz CT molecular complexity index is 964. The van der Waals surface area contributed by atoms with Crippen LogP contribution in [0.3, 0.4) is 0 Å². The molecule has 2 aromatic carbocycles. The minimum atomic E-state index is -4.43. The molecule has 0 atom stereocenters. The highest BCUT2D eigenvalue weighted by atomic mass is 19.4. The molecule has 0 aromatic heterocycles. The van der Waals surface area contributed by atoms with E-state index < -0.39 is 17.4 Å². The number of hydrogen-bond acceptors (Lipinski definition) is 3. The van der Waals surface area contributed by atoms with Gasteiger partial charge in [-0.05, 0) is 43.3 Å². The molecule has 0 unspecified atom stereocenters. The summed E-state index contributed by atoms with van der Waals surface area (Å²) in [6, 6.07) is 11.7. The molecule has 4 rings (SSSR count). The van der Waals surface area contributed by atoms with Crippen LogP contribution in [0.25, 0.3) is 0 Å². The largest absolute Gasteiger partial charge is 0.416 e. The first-order valence-electron chi connectivity index (χ1n) is 9.91. The molecule has 2 heterocycles. The quantitative estimate of drug-likeness (QED) is 0.806. The Hall–Kier alpha value is -3.03. The number of carbonyl (C=O) groups excluding carboxylic acids is 2. The number of alkyl halides is 3. The number of fused-ring (bicyclic) bond motifs is 1. The van der Waals surface area contributed by atoms with Gasteiger partial charge in [-0.2, -0.15) is 13.2 Å². The first kappa shape index (κ1) is 20.3. The number of nitrogens with zero attached hydrogens (tertiary/aromatic N) is 2. The van der Waals surface area contributed by atoms with Crippen LogP contribution in [-0.4, -0.2) is 42.0 Å². The van der Waals surface area contributed by atoms with E-state index in [-0.39, 0.29) is 17.4 Å².